The summed E-state index contributed by atoms with van der Waals surface area (Å²) in [7, 11) is 4.50. The Kier molecular flexibility index (Phi) is 5.84. The summed E-state index contributed by atoms with van der Waals surface area (Å²) >= 11 is 0. The third kappa shape index (κ3) is 3.87. The van der Waals surface area contributed by atoms with Crippen LogP contribution in [0.5, 0.6) is 23.0 Å². The molecule has 0 amide bonds. The van der Waals surface area contributed by atoms with Gasteiger partial charge < -0.3 is 18.9 Å². The molecule has 0 atom stereocenters. The van der Waals surface area contributed by atoms with Crippen molar-refractivity contribution in [1.29, 1.82) is 0 Å². The Morgan fingerprint density at radius 1 is 0.875 bits per heavy atom. The van der Waals surface area contributed by atoms with Gasteiger partial charge in [0.05, 0.1) is 21.3 Å². The fourth-order valence-corrected chi connectivity index (χ4v) is 2.28. The Hall–Kier alpha value is -2.95. The van der Waals surface area contributed by atoms with Crippen molar-refractivity contribution < 1.29 is 23.7 Å². The molecular weight excluding hydrogens is 308 g/mol. The number of benzene rings is 2. The molecule has 0 aliphatic carbocycles. The van der Waals surface area contributed by atoms with Gasteiger partial charge in [-0.1, -0.05) is 42.5 Å². The van der Waals surface area contributed by atoms with Crippen molar-refractivity contribution in [3.05, 3.63) is 47.5 Å². The molecule has 0 spiro atoms. The first kappa shape index (κ1) is 17.4. The first-order chi connectivity index (χ1) is 11.6. The van der Waals surface area contributed by atoms with Gasteiger partial charge in [0, 0.05) is 12.5 Å². The second-order valence-electron chi connectivity index (χ2n) is 4.90. The van der Waals surface area contributed by atoms with Crippen LogP contribution < -0.4 is 18.9 Å². The molecule has 2 aromatic rings. The van der Waals surface area contributed by atoms with Gasteiger partial charge in [0.2, 0.25) is 11.5 Å². The van der Waals surface area contributed by atoms with Gasteiger partial charge in [0.15, 0.2) is 11.5 Å². The lowest BCUT2D eigenvalue weighted by molar-refractivity contribution is -0.132. The second kappa shape index (κ2) is 8.06. The van der Waals surface area contributed by atoms with E-state index in [4.69, 9.17) is 18.9 Å². The maximum atomic E-state index is 11.4. The van der Waals surface area contributed by atoms with Crippen LogP contribution in [0.4, 0.5) is 0 Å². The number of carbonyl (C=O) groups excluding carboxylic acids is 1. The third-order valence-electron chi connectivity index (χ3n) is 3.31. The highest BCUT2D eigenvalue weighted by molar-refractivity contribution is 5.80. The normalized spacial score (nSPS) is 10.5. The fraction of sp³-hybridized carbons (Fsp3) is 0.211. The summed E-state index contributed by atoms with van der Waals surface area (Å²) in [5.74, 6) is 0.871. The molecule has 0 unspecified atom stereocenters. The fourth-order valence-electron chi connectivity index (χ4n) is 2.28. The minimum absolute atomic E-state index is 0.194. The van der Waals surface area contributed by atoms with Crippen molar-refractivity contribution in [2.75, 3.05) is 21.3 Å². The van der Waals surface area contributed by atoms with E-state index in [-0.39, 0.29) is 5.75 Å². The van der Waals surface area contributed by atoms with Crippen molar-refractivity contribution in [3.8, 4) is 23.0 Å². The summed E-state index contributed by atoms with van der Waals surface area (Å²) in [5.41, 5.74) is 1.73. The summed E-state index contributed by atoms with van der Waals surface area (Å²) in [6, 6.07) is 11.6. The van der Waals surface area contributed by atoms with Crippen LogP contribution in [0.2, 0.25) is 0 Å². The molecule has 5 heteroatoms. The molecule has 0 aliphatic rings. The zero-order valence-corrected chi connectivity index (χ0v) is 14.2. The van der Waals surface area contributed by atoms with Gasteiger partial charge in [-0.2, -0.15) is 0 Å². The lowest BCUT2D eigenvalue weighted by Gasteiger charge is -2.17. The number of rotatable bonds is 6. The van der Waals surface area contributed by atoms with Crippen molar-refractivity contribution in [2.24, 2.45) is 0 Å². The van der Waals surface area contributed by atoms with Crippen LogP contribution >= 0.6 is 0 Å². The molecule has 0 aromatic heterocycles. The maximum Gasteiger partial charge on any atom is 0.308 e. The van der Waals surface area contributed by atoms with Crippen LogP contribution in [0.3, 0.4) is 0 Å². The Bertz CT molecular complexity index is 735. The highest BCUT2D eigenvalue weighted by atomic mass is 16.6. The number of esters is 1. The van der Waals surface area contributed by atoms with Crippen LogP contribution in [0.25, 0.3) is 12.2 Å². The van der Waals surface area contributed by atoms with Crippen LogP contribution in [0, 0.1) is 0 Å². The minimum atomic E-state index is -0.474. The Morgan fingerprint density at radius 2 is 1.54 bits per heavy atom. The first-order valence-electron chi connectivity index (χ1n) is 7.35. The molecule has 0 saturated heterocycles. The average Bonchev–Trinajstić information content (AvgIpc) is 2.59. The summed E-state index contributed by atoms with van der Waals surface area (Å²) in [4.78, 5) is 11.4. The van der Waals surface area contributed by atoms with E-state index in [1.807, 2.05) is 42.5 Å². The molecule has 0 heterocycles. The first-order valence-corrected chi connectivity index (χ1v) is 7.35. The molecule has 0 aliphatic heterocycles. The van der Waals surface area contributed by atoms with Gasteiger partial charge in [-0.15, -0.1) is 0 Å². The van der Waals surface area contributed by atoms with Crippen molar-refractivity contribution >= 4 is 18.1 Å². The molecule has 24 heavy (non-hydrogen) atoms. The summed E-state index contributed by atoms with van der Waals surface area (Å²) in [6.07, 6.45) is 3.80. The lowest BCUT2D eigenvalue weighted by atomic mass is 10.1. The molecule has 0 radical (unpaired) electrons. The van der Waals surface area contributed by atoms with E-state index in [9.17, 15) is 4.79 Å². The number of ether oxygens (including phenoxy) is 4. The number of carbonyl (C=O) groups is 1. The van der Waals surface area contributed by atoms with E-state index in [1.54, 1.807) is 6.07 Å². The summed E-state index contributed by atoms with van der Waals surface area (Å²) in [6.45, 7) is 1.32. The van der Waals surface area contributed by atoms with E-state index in [2.05, 4.69) is 0 Å². The van der Waals surface area contributed by atoms with Crippen LogP contribution in [0.1, 0.15) is 18.1 Å². The van der Waals surface area contributed by atoms with Crippen LogP contribution in [-0.2, 0) is 4.79 Å². The molecule has 0 saturated carbocycles. The van der Waals surface area contributed by atoms with Gasteiger partial charge in [-0.05, 0) is 11.6 Å². The molecule has 2 rings (SSSR count). The highest BCUT2D eigenvalue weighted by Crippen LogP contribution is 2.47. The third-order valence-corrected chi connectivity index (χ3v) is 3.31. The van der Waals surface area contributed by atoms with E-state index in [0.29, 0.717) is 22.8 Å². The Balaban J connectivity index is 2.57. The molecule has 0 bridgehead atoms. The Labute approximate surface area is 141 Å². The monoisotopic (exact) mass is 328 g/mol. The number of methoxy groups -OCH3 is 3. The highest BCUT2D eigenvalue weighted by Gasteiger charge is 2.22. The van der Waals surface area contributed by atoms with Crippen LogP contribution in [0.15, 0.2) is 36.4 Å². The number of hydrogen-bond donors (Lipinski definition) is 0. The minimum Gasteiger partial charge on any atom is -0.493 e. The van der Waals surface area contributed by atoms with Gasteiger partial charge in [-0.25, -0.2) is 0 Å². The van der Waals surface area contributed by atoms with Gasteiger partial charge in [0.1, 0.15) is 0 Å². The molecule has 0 fully saturated rings. The van der Waals surface area contributed by atoms with E-state index in [1.165, 1.54) is 28.3 Å². The average molecular weight is 328 g/mol. The summed E-state index contributed by atoms with van der Waals surface area (Å²) < 4.78 is 21.4. The second-order valence-corrected chi connectivity index (χ2v) is 4.90. The molecule has 126 valence electrons. The lowest BCUT2D eigenvalue weighted by Crippen LogP contribution is -2.06. The number of hydrogen-bond acceptors (Lipinski definition) is 5. The topological polar surface area (TPSA) is 54.0 Å². The van der Waals surface area contributed by atoms with Crippen molar-refractivity contribution in [2.45, 2.75) is 6.92 Å². The van der Waals surface area contributed by atoms with Gasteiger partial charge in [0.25, 0.3) is 0 Å². The van der Waals surface area contributed by atoms with E-state index < -0.39 is 5.97 Å². The Morgan fingerprint density at radius 3 is 2.08 bits per heavy atom. The predicted molar refractivity (Wildman–Crippen MR) is 92.8 cm³/mol. The van der Waals surface area contributed by atoms with E-state index in [0.717, 1.165) is 5.56 Å². The SMILES string of the molecule is COc1cc(/C=C/c2ccccc2)c(OC)c(OC(C)=O)c1OC. The summed E-state index contributed by atoms with van der Waals surface area (Å²) in [5, 5.41) is 0. The van der Waals surface area contributed by atoms with Crippen molar-refractivity contribution in [3.63, 3.8) is 0 Å². The molecule has 0 N–H and O–H groups in total. The zero-order valence-electron chi connectivity index (χ0n) is 14.2. The predicted octanol–water partition coefficient (Wildman–Crippen LogP) is 3.81. The van der Waals surface area contributed by atoms with Crippen molar-refractivity contribution in [1.82, 2.24) is 0 Å². The van der Waals surface area contributed by atoms with E-state index >= 15 is 0 Å². The van der Waals surface area contributed by atoms with Gasteiger partial charge >= 0.3 is 5.97 Å². The molecule has 5 nitrogen and oxygen atoms in total. The molecule has 2 aromatic carbocycles. The largest absolute Gasteiger partial charge is 0.493 e. The van der Waals surface area contributed by atoms with Crippen LogP contribution in [-0.4, -0.2) is 27.3 Å². The zero-order chi connectivity index (χ0) is 17.5. The molecular formula is C19H20O5. The quantitative estimate of drug-likeness (QED) is 0.458. The van der Waals surface area contributed by atoms with Gasteiger partial charge in [-0.3, -0.25) is 4.79 Å². The maximum absolute atomic E-state index is 11.4. The standard InChI is InChI=1S/C19H20O5/c1-13(20)24-19-17(22-3)15(12-16(21-2)18(19)23-4)11-10-14-8-6-5-7-9-14/h5-12H,1-4H3/b11-10+. The smallest absolute Gasteiger partial charge is 0.308 e.